The number of nitrogens with two attached hydrogens (primary N) is 1. The summed E-state index contributed by atoms with van der Waals surface area (Å²) in [5, 5.41) is 37.1. The fraction of sp³-hybridized carbons (Fsp3) is 0.333. The number of hydrogen-bond acceptors (Lipinski definition) is 5. The molecule has 2 unspecified atom stereocenters. The second kappa shape index (κ2) is 3.73. The van der Waals surface area contributed by atoms with Crippen molar-refractivity contribution in [1.82, 2.24) is 0 Å². The quantitative estimate of drug-likeness (QED) is 0.345. The summed E-state index contributed by atoms with van der Waals surface area (Å²) in [6.07, 6.45) is -0.936. The number of aliphatic hydroxyl groups is 1. The SMILES string of the molecule is CC(O)C(N)c1c(O)ccc(O)c1O. The molecule has 0 radical (unpaired) electrons. The van der Waals surface area contributed by atoms with Gasteiger partial charge in [0.05, 0.1) is 17.7 Å². The Morgan fingerprint density at radius 2 is 1.64 bits per heavy atom. The maximum absolute atomic E-state index is 9.40. The van der Waals surface area contributed by atoms with Crippen molar-refractivity contribution in [3.63, 3.8) is 0 Å². The van der Waals surface area contributed by atoms with Crippen LogP contribution in [0.4, 0.5) is 0 Å². The highest BCUT2D eigenvalue weighted by Crippen LogP contribution is 2.39. The van der Waals surface area contributed by atoms with E-state index in [9.17, 15) is 15.3 Å². The molecule has 5 nitrogen and oxygen atoms in total. The summed E-state index contributed by atoms with van der Waals surface area (Å²) in [6.45, 7) is 1.42. The predicted octanol–water partition coefficient (Wildman–Crippen LogP) is 0.184. The molecule has 1 rings (SSSR count). The average molecular weight is 199 g/mol. The summed E-state index contributed by atoms with van der Waals surface area (Å²) in [5.74, 6) is -1.14. The van der Waals surface area contributed by atoms with Crippen LogP contribution in [-0.2, 0) is 0 Å². The van der Waals surface area contributed by atoms with Gasteiger partial charge in [0.2, 0.25) is 0 Å². The van der Waals surface area contributed by atoms with Crippen molar-refractivity contribution in [2.45, 2.75) is 19.1 Å². The number of aliphatic hydroxyl groups excluding tert-OH is 1. The van der Waals surface area contributed by atoms with Crippen molar-refractivity contribution in [2.75, 3.05) is 0 Å². The van der Waals surface area contributed by atoms with Crippen LogP contribution in [-0.4, -0.2) is 26.5 Å². The standard InChI is InChI=1S/C9H13NO4/c1-4(11)8(10)7-5(12)2-3-6(13)9(7)14/h2-4,8,11-14H,10H2,1H3. The molecule has 0 fully saturated rings. The Morgan fingerprint density at radius 3 is 2.14 bits per heavy atom. The Balaban J connectivity index is 3.25. The fourth-order valence-corrected chi connectivity index (χ4v) is 1.16. The highest BCUT2D eigenvalue weighted by Gasteiger charge is 2.21. The normalized spacial score (nSPS) is 15.1. The first kappa shape index (κ1) is 10.6. The smallest absolute Gasteiger partial charge is 0.166 e. The summed E-state index contributed by atoms with van der Waals surface area (Å²) < 4.78 is 0. The summed E-state index contributed by atoms with van der Waals surface area (Å²) in [4.78, 5) is 0. The van der Waals surface area contributed by atoms with Gasteiger partial charge in [-0.05, 0) is 19.1 Å². The zero-order chi connectivity index (χ0) is 10.9. The lowest BCUT2D eigenvalue weighted by molar-refractivity contribution is 0.161. The number of phenols is 3. The first-order valence-corrected chi connectivity index (χ1v) is 4.12. The summed E-state index contributed by atoms with van der Waals surface area (Å²) in [6, 6.07) is 1.40. The minimum Gasteiger partial charge on any atom is -0.507 e. The molecular weight excluding hydrogens is 186 g/mol. The van der Waals surface area contributed by atoms with Crippen molar-refractivity contribution in [1.29, 1.82) is 0 Å². The van der Waals surface area contributed by atoms with Crippen LogP contribution < -0.4 is 5.73 Å². The highest BCUT2D eigenvalue weighted by molar-refractivity contribution is 5.53. The molecule has 0 spiro atoms. The van der Waals surface area contributed by atoms with E-state index in [0.717, 1.165) is 6.07 Å². The van der Waals surface area contributed by atoms with Crippen LogP contribution in [0.5, 0.6) is 17.2 Å². The summed E-state index contributed by atoms with van der Waals surface area (Å²) >= 11 is 0. The first-order valence-electron chi connectivity index (χ1n) is 4.12. The van der Waals surface area contributed by atoms with Gasteiger partial charge in [0, 0.05) is 0 Å². The van der Waals surface area contributed by atoms with Gasteiger partial charge in [-0.2, -0.15) is 0 Å². The highest BCUT2D eigenvalue weighted by atomic mass is 16.3. The van der Waals surface area contributed by atoms with E-state index in [2.05, 4.69) is 0 Å². The summed E-state index contributed by atoms with van der Waals surface area (Å²) in [7, 11) is 0. The van der Waals surface area contributed by atoms with Crippen molar-refractivity contribution in [3.8, 4) is 17.2 Å². The van der Waals surface area contributed by atoms with Gasteiger partial charge in [-0.15, -0.1) is 0 Å². The van der Waals surface area contributed by atoms with E-state index in [1.807, 2.05) is 0 Å². The van der Waals surface area contributed by atoms with Gasteiger partial charge >= 0.3 is 0 Å². The Labute approximate surface area is 81.0 Å². The minimum atomic E-state index is -0.943. The van der Waals surface area contributed by atoms with Crippen LogP contribution in [0.25, 0.3) is 0 Å². The molecule has 0 saturated heterocycles. The molecule has 78 valence electrons. The first-order chi connectivity index (χ1) is 6.45. The second-order valence-electron chi connectivity index (χ2n) is 3.13. The topological polar surface area (TPSA) is 107 Å². The molecular formula is C9H13NO4. The van der Waals surface area contributed by atoms with Crippen LogP contribution in [0.2, 0.25) is 0 Å². The molecule has 0 aliphatic rings. The predicted molar refractivity (Wildman–Crippen MR) is 50.0 cm³/mol. The van der Waals surface area contributed by atoms with Crippen molar-refractivity contribution >= 4 is 0 Å². The maximum Gasteiger partial charge on any atom is 0.166 e. The van der Waals surface area contributed by atoms with E-state index in [-0.39, 0.29) is 17.1 Å². The van der Waals surface area contributed by atoms with E-state index in [4.69, 9.17) is 10.8 Å². The molecule has 0 bridgehead atoms. The molecule has 0 saturated carbocycles. The molecule has 0 aliphatic heterocycles. The van der Waals surface area contributed by atoms with Crippen LogP contribution >= 0.6 is 0 Å². The van der Waals surface area contributed by atoms with Crippen molar-refractivity contribution in [3.05, 3.63) is 17.7 Å². The largest absolute Gasteiger partial charge is 0.507 e. The second-order valence-corrected chi connectivity index (χ2v) is 3.13. The Bertz CT molecular complexity index is 338. The van der Waals surface area contributed by atoms with E-state index in [0.29, 0.717) is 0 Å². The van der Waals surface area contributed by atoms with Gasteiger partial charge in [-0.3, -0.25) is 0 Å². The zero-order valence-corrected chi connectivity index (χ0v) is 7.68. The molecule has 5 heteroatoms. The third-order valence-corrected chi connectivity index (χ3v) is 2.03. The van der Waals surface area contributed by atoms with Crippen LogP contribution in [0.15, 0.2) is 12.1 Å². The Kier molecular flexibility index (Phi) is 2.83. The molecule has 2 atom stereocenters. The lowest BCUT2D eigenvalue weighted by atomic mass is 10.0. The van der Waals surface area contributed by atoms with Crippen LogP contribution in [0.1, 0.15) is 18.5 Å². The lowest BCUT2D eigenvalue weighted by Gasteiger charge is -2.18. The lowest BCUT2D eigenvalue weighted by Crippen LogP contribution is -2.23. The number of phenolic OH excluding ortho intramolecular Hbond substituents is 3. The molecule has 0 heterocycles. The Morgan fingerprint density at radius 1 is 1.14 bits per heavy atom. The van der Waals surface area contributed by atoms with Crippen molar-refractivity contribution < 1.29 is 20.4 Å². The van der Waals surface area contributed by atoms with Gasteiger partial charge in [0.25, 0.3) is 0 Å². The van der Waals surface area contributed by atoms with Gasteiger partial charge in [0.15, 0.2) is 11.5 Å². The molecule has 1 aromatic rings. The van der Waals surface area contributed by atoms with Gasteiger partial charge < -0.3 is 26.2 Å². The van der Waals surface area contributed by atoms with E-state index < -0.39 is 17.9 Å². The number of benzene rings is 1. The van der Waals surface area contributed by atoms with Crippen LogP contribution in [0, 0.1) is 0 Å². The maximum atomic E-state index is 9.40. The molecule has 14 heavy (non-hydrogen) atoms. The van der Waals surface area contributed by atoms with E-state index >= 15 is 0 Å². The Hall–Kier alpha value is -1.46. The average Bonchev–Trinajstić information content (AvgIpc) is 2.12. The fourth-order valence-electron chi connectivity index (χ4n) is 1.16. The van der Waals surface area contributed by atoms with Crippen molar-refractivity contribution in [2.24, 2.45) is 5.73 Å². The molecule has 6 N–H and O–H groups in total. The van der Waals surface area contributed by atoms with Crippen LogP contribution in [0.3, 0.4) is 0 Å². The number of aromatic hydroxyl groups is 3. The summed E-state index contributed by atoms with van der Waals surface area (Å²) in [5.41, 5.74) is 5.47. The van der Waals surface area contributed by atoms with Gasteiger partial charge in [-0.1, -0.05) is 0 Å². The van der Waals surface area contributed by atoms with Gasteiger partial charge in [0.1, 0.15) is 5.75 Å². The molecule has 0 amide bonds. The van der Waals surface area contributed by atoms with E-state index in [1.54, 1.807) is 0 Å². The minimum absolute atomic E-state index is 0.0556. The number of hydrogen-bond donors (Lipinski definition) is 5. The molecule has 0 aliphatic carbocycles. The third-order valence-electron chi connectivity index (χ3n) is 2.03. The van der Waals surface area contributed by atoms with E-state index in [1.165, 1.54) is 13.0 Å². The molecule has 1 aromatic carbocycles. The van der Waals surface area contributed by atoms with Gasteiger partial charge in [-0.25, -0.2) is 0 Å². The third kappa shape index (κ3) is 1.73. The molecule has 0 aromatic heterocycles. The monoisotopic (exact) mass is 199 g/mol. The number of rotatable bonds is 2. The zero-order valence-electron chi connectivity index (χ0n) is 7.68.